The van der Waals surface area contributed by atoms with Gasteiger partial charge in [-0.25, -0.2) is 0 Å². The van der Waals surface area contributed by atoms with Crippen molar-refractivity contribution in [1.29, 1.82) is 0 Å². The summed E-state index contributed by atoms with van der Waals surface area (Å²) in [7, 11) is 0. The van der Waals surface area contributed by atoms with Crippen LogP contribution in [-0.4, -0.2) is 11.9 Å². The zero-order chi connectivity index (χ0) is 21.3. The van der Waals surface area contributed by atoms with Gasteiger partial charge in [0.05, 0.1) is 10.9 Å². The highest BCUT2D eigenvalue weighted by Gasteiger charge is 2.25. The standard InChI is InChI=1S/C26H23NO3/c1-17(2)27(20-13-8-5-9-14-20)26(29)22-16-10-15-21-23(28)18(3)24(30-25(21)22)19-11-6-4-7-12-19/h4-17H,1-3H3. The number of anilines is 1. The number of carbonyl (C=O) groups is 1. The quantitative estimate of drug-likeness (QED) is 0.436. The first kappa shape index (κ1) is 19.6. The van der Waals surface area contributed by atoms with Gasteiger partial charge in [0.15, 0.2) is 11.0 Å². The monoisotopic (exact) mass is 397 g/mol. The van der Waals surface area contributed by atoms with Crippen LogP contribution in [0.2, 0.25) is 0 Å². The van der Waals surface area contributed by atoms with E-state index in [9.17, 15) is 9.59 Å². The second kappa shape index (κ2) is 7.99. The van der Waals surface area contributed by atoms with Crippen LogP contribution in [0.15, 0.2) is 88.1 Å². The highest BCUT2D eigenvalue weighted by Crippen LogP contribution is 2.29. The number of hydrogen-bond donors (Lipinski definition) is 0. The summed E-state index contributed by atoms with van der Waals surface area (Å²) in [5.41, 5.74) is 2.70. The fraction of sp³-hybridized carbons (Fsp3) is 0.154. The van der Waals surface area contributed by atoms with E-state index in [1.807, 2.05) is 74.5 Å². The number of rotatable bonds is 4. The van der Waals surface area contributed by atoms with Gasteiger partial charge in [0, 0.05) is 22.9 Å². The first-order valence-corrected chi connectivity index (χ1v) is 9.99. The van der Waals surface area contributed by atoms with E-state index in [0.29, 0.717) is 27.9 Å². The Balaban J connectivity index is 1.94. The molecule has 0 saturated heterocycles. The van der Waals surface area contributed by atoms with E-state index in [0.717, 1.165) is 11.3 Å². The van der Waals surface area contributed by atoms with Gasteiger partial charge in [-0.1, -0.05) is 54.6 Å². The summed E-state index contributed by atoms with van der Waals surface area (Å²) in [6.07, 6.45) is 0. The van der Waals surface area contributed by atoms with Crippen molar-refractivity contribution in [2.45, 2.75) is 26.8 Å². The van der Waals surface area contributed by atoms with Gasteiger partial charge in [0.1, 0.15) is 5.76 Å². The van der Waals surface area contributed by atoms with Crippen LogP contribution < -0.4 is 10.3 Å². The van der Waals surface area contributed by atoms with Gasteiger partial charge < -0.3 is 9.32 Å². The lowest BCUT2D eigenvalue weighted by molar-refractivity contribution is 0.0981. The molecule has 0 aliphatic heterocycles. The molecule has 0 fully saturated rings. The molecule has 0 spiro atoms. The van der Waals surface area contributed by atoms with Crippen LogP contribution in [0.5, 0.6) is 0 Å². The number of amides is 1. The van der Waals surface area contributed by atoms with Crippen molar-refractivity contribution in [3.8, 4) is 11.3 Å². The van der Waals surface area contributed by atoms with Crippen molar-refractivity contribution in [3.05, 3.63) is 100 Å². The van der Waals surface area contributed by atoms with Crippen molar-refractivity contribution in [2.24, 2.45) is 0 Å². The fourth-order valence-electron chi connectivity index (χ4n) is 3.71. The number of benzene rings is 3. The lowest BCUT2D eigenvalue weighted by Crippen LogP contribution is -2.37. The van der Waals surface area contributed by atoms with Crippen LogP contribution >= 0.6 is 0 Å². The summed E-state index contributed by atoms with van der Waals surface area (Å²) in [4.78, 5) is 28.4. The Morgan fingerprint density at radius 1 is 0.867 bits per heavy atom. The van der Waals surface area contributed by atoms with Crippen molar-refractivity contribution >= 4 is 22.6 Å². The molecule has 0 unspecified atom stereocenters. The van der Waals surface area contributed by atoms with E-state index in [1.165, 1.54) is 0 Å². The third kappa shape index (κ3) is 3.41. The molecule has 0 saturated carbocycles. The number of hydrogen-bond acceptors (Lipinski definition) is 3. The predicted molar refractivity (Wildman–Crippen MR) is 121 cm³/mol. The smallest absolute Gasteiger partial charge is 0.262 e. The van der Waals surface area contributed by atoms with Crippen LogP contribution in [0.3, 0.4) is 0 Å². The Bertz CT molecular complexity index is 1260. The summed E-state index contributed by atoms with van der Waals surface area (Å²) < 4.78 is 6.23. The molecular formula is C26H23NO3. The highest BCUT2D eigenvalue weighted by molar-refractivity contribution is 6.13. The number of para-hydroxylation sites is 2. The van der Waals surface area contributed by atoms with E-state index in [2.05, 4.69) is 0 Å². The molecule has 4 heteroatoms. The average Bonchev–Trinajstić information content (AvgIpc) is 2.77. The molecule has 0 aliphatic rings. The Labute approximate surface area is 175 Å². The van der Waals surface area contributed by atoms with Crippen LogP contribution in [0, 0.1) is 6.92 Å². The van der Waals surface area contributed by atoms with Crippen molar-refractivity contribution < 1.29 is 9.21 Å². The highest BCUT2D eigenvalue weighted by atomic mass is 16.3. The van der Waals surface area contributed by atoms with E-state index in [4.69, 9.17) is 4.42 Å². The molecule has 0 aliphatic carbocycles. The maximum Gasteiger partial charge on any atom is 0.262 e. The van der Waals surface area contributed by atoms with Crippen LogP contribution in [0.25, 0.3) is 22.3 Å². The Morgan fingerprint density at radius 2 is 1.50 bits per heavy atom. The molecule has 1 amide bonds. The van der Waals surface area contributed by atoms with E-state index < -0.39 is 0 Å². The molecular weight excluding hydrogens is 374 g/mol. The van der Waals surface area contributed by atoms with Gasteiger partial charge in [0.25, 0.3) is 5.91 Å². The van der Waals surface area contributed by atoms with Gasteiger partial charge in [-0.05, 0) is 45.0 Å². The molecule has 4 rings (SSSR count). The number of carbonyl (C=O) groups excluding carboxylic acids is 1. The average molecular weight is 397 g/mol. The van der Waals surface area contributed by atoms with E-state index >= 15 is 0 Å². The largest absolute Gasteiger partial charge is 0.455 e. The van der Waals surface area contributed by atoms with Gasteiger partial charge >= 0.3 is 0 Å². The minimum Gasteiger partial charge on any atom is -0.455 e. The van der Waals surface area contributed by atoms with Crippen molar-refractivity contribution in [2.75, 3.05) is 4.90 Å². The second-order valence-electron chi connectivity index (χ2n) is 7.54. The number of nitrogens with zero attached hydrogens (tertiary/aromatic N) is 1. The van der Waals surface area contributed by atoms with Gasteiger partial charge in [-0.2, -0.15) is 0 Å². The summed E-state index contributed by atoms with van der Waals surface area (Å²) in [6.45, 7) is 5.68. The normalized spacial score (nSPS) is 11.1. The number of fused-ring (bicyclic) bond motifs is 1. The van der Waals surface area contributed by atoms with Gasteiger partial charge in [-0.3, -0.25) is 9.59 Å². The van der Waals surface area contributed by atoms with Gasteiger partial charge in [-0.15, -0.1) is 0 Å². The van der Waals surface area contributed by atoms with Crippen molar-refractivity contribution in [1.82, 2.24) is 0 Å². The maximum atomic E-state index is 13.6. The molecule has 1 heterocycles. The molecule has 1 aromatic heterocycles. The molecule has 0 bridgehead atoms. The lowest BCUT2D eigenvalue weighted by atomic mass is 10.0. The van der Waals surface area contributed by atoms with E-state index in [-0.39, 0.29) is 17.4 Å². The van der Waals surface area contributed by atoms with Crippen LogP contribution in [0.4, 0.5) is 5.69 Å². The first-order chi connectivity index (χ1) is 14.5. The molecule has 4 nitrogen and oxygen atoms in total. The Hall–Kier alpha value is -3.66. The molecule has 0 atom stereocenters. The summed E-state index contributed by atoms with van der Waals surface area (Å²) in [6, 6.07) is 24.1. The minimum absolute atomic E-state index is 0.0686. The van der Waals surface area contributed by atoms with Crippen LogP contribution in [-0.2, 0) is 0 Å². The maximum absolute atomic E-state index is 13.6. The van der Waals surface area contributed by atoms with Crippen LogP contribution in [0.1, 0.15) is 29.8 Å². The predicted octanol–water partition coefficient (Wildman–Crippen LogP) is 5.82. The topological polar surface area (TPSA) is 50.5 Å². The zero-order valence-electron chi connectivity index (χ0n) is 17.3. The summed E-state index contributed by atoms with van der Waals surface area (Å²) in [5.74, 6) is 0.289. The molecule has 30 heavy (non-hydrogen) atoms. The fourth-order valence-corrected chi connectivity index (χ4v) is 3.71. The third-order valence-electron chi connectivity index (χ3n) is 5.18. The minimum atomic E-state index is -0.201. The second-order valence-corrected chi connectivity index (χ2v) is 7.54. The van der Waals surface area contributed by atoms with Crippen molar-refractivity contribution in [3.63, 3.8) is 0 Å². The summed E-state index contributed by atoms with van der Waals surface area (Å²) >= 11 is 0. The molecule has 0 radical (unpaired) electrons. The Morgan fingerprint density at radius 3 is 2.13 bits per heavy atom. The SMILES string of the molecule is Cc1c(-c2ccccc2)oc2c(C(=O)N(c3ccccc3)C(C)C)cccc2c1=O. The third-order valence-corrected chi connectivity index (χ3v) is 5.18. The van der Waals surface area contributed by atoms with E-state index in [1.54, 1.807) is 30.0 Å². The zero-order valence-corrected chi connectivity index (χ0v) is 17.3. The molecule has 150 valence electrons. The molecule has 3 aromatic carbocycles. The first-order valence-electron chi connectivity index (χ1n) is 9.99. The molecule has 4 aromatic rings. The molecule has 0 N–H and O–H groups in total. The Kier molecular flexibility index (Phi) is 5.23. The summed E-state index contributed by atoms with van der Waals surface area (Å²) in [5, 5.41) is 0.412. The lowest BCUT2D eigenvalue weighted by Gasteiger charge is -2.27. The van der Waals surface area contributed by atoms with Gasteiger partial charge in [0.2, 0.25) is 0 Å².